The molecule has 4 heterocycles. The molecule has 3 unspecified atom stereocenters. The van der Waals surface area contributed by atoms with Crippen molar-refractivity contribution in [2.75, 3.05) is 13.2 Å². The second-order valence-corrected chi connectivity index (χ2v) is 9.29. The molecule has 2 aromatic carbocycles. The third-order valence-electron chi connectivity index (χ3n) is 6.71. The van der Waals surface area contributed by atoms with Gasteiger partial charge in [0, 0.05) is 49.0 Å². The number of ether oxygens (including phenoxy) is 2. The molecule has 2 aliphatic heterocycles. The van der Waals surface area contributed by atoms with Gasteiger partial charge in [-0.1, -0.05) is 11.6 Å². The lowest BCUT2D eigenvalue weighted by Crippen LogP contribution is -2.60. The first-order valence-electron chi connectivity index (χ1n) is 11.6. The molecule has 0 radical (unpaired) electrons. The van der Waals surface area contributed by atoms with Crippen LogP contribution < -0.4 is 9.38 Å². The summed E-state index contributed by atoms with van der Waals surface area (Å²) in [6.45, 7) is 1.70. The lowest BCUT2D eigenvalue weighted by atomic mass is 9.99. The van der Waals surface area contributed by atoms with Crippen LogP contribution in [0.1, 0.15) is 13.3 Å². The van der Waals surface area contributed by atoms with Crippen molar-refractivity contribution in [1.82, 2.24) is 19.6 Å². The number of nitrogens with zero attached hydrogens (tertiary/aromatic N) is 5. The predicted molar refractivity (Wildman–Crippen MR) is 136 cm³/mol. The number of alkyl halides is 1. The Bertz CT molecular complexity index is 1550. The molecule has 2 aliphatic rings. The Morgan fingerprint density at radius 3 is 2.70 bits per heavy atom. The van der Waals surface area contributed by atoms with Gasteiger partial charge in [-0.15, -0.1) is 0 Å². The number of hydrogen-bond acceptors (Lipinski definition) is 7. The highest BCUT2D eigenvalue weighted by atomic mass is 35.5. The van der Waals surface area contributed by atoms with E-state index in [4.69, 9.17) is 21.1 Å². The number of aromatic nitrogens is 3. The first-order chi connectivity index (χ1) is 17.9. The van der Waals surface area contributed by atoms with Crippen molar-refractivity contribution in [2.45, 2.75) is 25.6 Å². The number of hydroxylamine groups is 2. The summed E-state index contributed by atoms with van der Waals surface area (Å²) in [4.78, 5) is 16.8. The second-order valence-electron chi connectivity index (χ2n) is 8.88. The maximum Gasteiger partial charge on any atom is 0.321 e. The molecule has 0 saturated carbocycles. The van der Waals surface area contributed by atoms with Crippen LogP contribution in [0.5, 0.6) is 11.8 Å². The molecule has 3 atom stereocenters. The van der Waals surface area contributed by atoms with Crippen molar-refractivity contribution in [3.8, 4) is 22.9 Å². The van der Waals surface area contributed by atoms with E-state index in [1.807, 2.05) is 0 Å². The van der Waals surface area contributed by atoms with Gasteiger partial charge in [-0.2, -0.15) is 4.99 Å². The number of fused-ring (bicyclic) bond motifs is 3. The molecule has 0 amide bonds. The molecule has 37 heavy (non-hydrogen) atoms. The smallest absolute Gasteiger partial charge is 0.321 e. The summed E-state index contributed by atoms with van der Waals surface area (Å²) in [5.74, 6) is -0.000140. The van der Waals surface area contributed by atoms with Crippen LogP contribution in [-0.4, -0.2) is 46.2 Å². The van der Waals surface area contributed by atoms with Crippen molar-refractivity contribution in [2.24, 2.45) is 4.99 Å². The summed E-state index contributed by atoms with van der Waals surface area (Å²) in [6.07, 6.45) is 3.27. The molecular weight excluding hydrogens is 504 g/mol. The molecule has 4 aromatic rings. The van der Waals surface area contributed by atoms with Crippen LogP contribution in [0, 0.1) is 11.0 Å². The molecule has 1 fully saturated rings. The highest BCUT2D eigenvalue weighted by Gasteiger charge is 2.47. The molecule has 0 spiro atoms. The minimum atomic E-state index is -1.47. The third-order valence-corrected chi connectivity index (χ3v) is 7.02. The van der Waals surface area contributed by atoms with Gasteiger partial charge in [-0.3, -0.25) is 9.63 Å². The SMILES string of the molecule is CC1=Nc2cnc3cc(F)c(-c4ccc(Oc5ncccn5)cc4Cl)cc3c2[N+]1([O-])C1CCOCC1F. The highest BCUT2D eigenvalue weighted by molar-refractivity contribution is 6.33. The molecule has 188 valence electrons. The van der Waals surface area contributed by atoms with Gasteiger partial charge in [-0.05, 0) is 24.3 Å². The van der Waals surface area contributed by atoms with E-state index in [2.05, 4.69) is 19.9 Å². The highest BCUT2D eigenvalue weighted by Crippen LogP contribution is 2.49. The Hall–Kier alpha value is -3.57. The van der Waals surface area contributed by atoms with Gasteiger partial charge in [0.15, 0.2) is 11.9 Å². The Balaban J connectivity index is 1.46. The van der Waals surface area contributed by atoms with E-state index in [0.29, 0.717) is 22.4 Å². The van der Waals surface area contributed by atoms with Crippen LogP contribution in [-0.2, 0) is 4.74 Å². The zero-order chi connectivity index (χ0) is 25.7. The molecule has 8 nitrogen and oxygen atoms in total. The summed E-state index contributed by atoms with van der Waals surface area (Å²) in [5.41, 5.74) is 1.40. The molecule has 0 aliphatic carbocycles. The van der Waals surface area contributed by atoms with Crippen molar-refractivity contribution in [1.29, 1.82) is 0 Å². The summed E-state index contributed by atoms with van der Waals surface area (Å²) in [6, 6.07) is 8.41. The summed E-state index contributed by atoms with van der Waals surface area (Å²) < 4.78 is 40.1. The minimum absolute atomic E-state index is 0.143. The standard InChI is InChI=1S/C26H20ClF2N5O3/c1-14-33-23-12-32-22-11-20(28)17(10-18(22)25(23)34(14,35)24-5-8-36-13-21(24)29)16-4-3-15(9-19(16)27)37-26-30-6-2-7-31-26/h2-4,6-7,9-12,21,24H,5,8,13H2,1H3. The van der Waals surface area contributed by atoms with E-state index in [1.54, 1.807) is 37.5 Å². The number of rotatable bonds is 4. The Morgan fingerprint density at radius 1 is 1.14 bits per heavy atom. The fraction of sp³-hybridized carbons (Fsp3) is 0.231. The lowest BCUT2D eigenvalue weighted by molar-refractivity contribution is 0.000533. The predicted octanol–water partition coefficient (Wildman–Crippen LogP) is 6.27. The van der Waals surface area contributed by atoms with Crippen LogP contribution in [0.3, 0.4) is 0 Å². The zero-order valence-electron chi connectivity index (χ0n) is 19.6. The van der Waals surface area contributed by atoms with Gasteiger partial charge in [0.05, 0.1) is 35.3 Å². The van der Waals surface area contributed by atoms with Crippen LogP contribution in [0.4, 0.5) is 20.2 Å². The third kappa shape index (κ3) is 3.93. The number of pyridine rings is 1. The number of benzene rings is 2. The normalized spacial score (nSPS) is 23.1. The van der Waals surface area contributed by atoms with Gasteiger partial charge in [0.2, 0.25) is 5.84 Å². The summed E-state index contributed by atoms with van der Waals surface area (Å²) >= 11 is 6.54. The molecule has 1 saturated heterocycles. The number of quaternary nitrogens is 1. The summed E-state index contributed by atoms with van der Waals surface area (Å²) in [5, 5.41) is 15.0. The Labute approximate surface area is 215 Å². The topological polar surface area (TPSA) is 92.6 Å². The van der Waals surface area contributed by atoms with Crippen LogP contribution in [0.25, 0.3) is 22.0 Å². The van der Waals surface area contributed by atoms with Crippen LogP contribution in [0.15, 0.2) is 60.0 Å². The number of halogens is 3. The van der Waals surface area contributed by atoms with Crippen LogP contribution >= 0.6 is 11.6 Å². The first kappa shape index (κ1) is 23.8. The lowest BCUT2D eigenvalue weighted by Gasteiger charge is -2.47. The van der Waals surface area contributed by atoms with E-state index in [1.165, 1.54) is 24.4 Å². The van der Waals surface area contributed by atoms with E-state index in [9.17, 15) is 9.60 Å². The minimum Gasteiger partial charge on any atom is -0.621 e. The van der Waals surface area contributed by atoms with Gasteiger partial charge in [0.25, 0.3) is 0 Å². The van der Waals surface area contributed by atoms with Crippen molar-refractivity contribution in [3.05, 3.63) is 71.0 Å². The van der Waals surface area contributed by atoms with Crippen molar-refractivity contribution in [3.63, 3.8) is 0 Å². The van der Waals surface area contributed by atoms with E-state index in [-0.39, 0.29) is 53.3 Å². The molecule has 0 N–H and O–H groups in total. The quantitative estimate of drug-likeness (QED) is 0.231. The van der Waals surface area contributed by atoms with Gasteiger partial charge in [-0.25, -0.2) is 18.7 Å². The number of amidine groups is 1. The first-order valence-corrected chi connectivity index (χ1v) is 12.0. The molecule has 11 heteroatoms. The fourth-order valence-electron chi connectivity index (χ4n) is 4.97. The van der Waals surface area contributed by atoms with Crippen LogP contribution in [0.2, 0.25) is 5.02 Å². The molecular formula is C26H20ClF2N5O3. The molecule has 6 rings (SSSR count). The maximum atomic E-state index is 15.3. The molecule has 0 bridgehead atoms. The van der Waals surface area contributed by atoms with E-state index in [0.717, 1.165) is 0 Å². The molecule has 2 aromatic heterocycles. The summed E-state index contributed by atoms with van der Waals surface area (Å²) in [7, 11) is 0. The maximum absolute atomic E-state index is 15.3. The van der Waals surface area contributed by atoms with Crippen molar-refractivity contribution < 1.29 is 18.3 Å². The zero-order valence-corrected chi connectivity index (χ0v) is 20.3. The monoisotopic (exact) mass is 523 g/mol. The van der Waals surface area contributed by atoms with E-state index >= 15 is 4.39 Å². The Morgan fingerprint density at radius 2 is 1.95 bits per heavy atom. The number of aliphatic imine (C=N–C) groups is 1. The second kappa shape index (κ2) is 9.07. The largest absolute Gasteiger partial charge is 0.621 e. The number of hydrogen-bond donors (Lipinski definition) is 0. The van der Waals surface area contributed by atoms with Gasteiger partial charge >= 0.3 is 6.01 Å². The average molecular weight is 524 g/mol. The Kier molecular flexibility index (Phi) is 5.84. The van der Waals surface area contributed by atoms with Crippen molar-refractivity contribution >= 4 is 39.7 Å². The fourth-order valence-corrected chi connectivity index (χ4v) is 5.24. The van der Waals surface area contributed by atoms with E-state index < -0.39 is 22.7 Å². The average Bonchev–Trinajstić information content (AvgIpc) is 3.15. The van der Waals surface area contributed by atoms with Gasteiger partial charge < -0.3 is 14.7 Å². The van der Waals surface area contributed by atoms with Gasteiger partial charge in [0.1, 0.15) is 23.3 Å².